The predicted octanol–water partition coefficient (Wildman–Crippen LogP) is 0.831. The summed E-state index contributed by atoms with van der Waals surface area (Å²) in [5.41, 5.74) is 0. The van der Waals surface area contributed by atoms with Crippen molar-refractivity contribution in [2.45, 2.75) is 57.8 Å². The highest BCUT2D eigenvalue weighted by Crippen LogP contribution is 2.18. The van der Waals surface area contributed by atoms with Gasteiger partial charge in [-0.1, -0.05) is 12.8 Å². The molecule has 0 saturated heterocycles. The maximum absolute atomic E-state index is 11.4. The highest BCUT2D eigenvalue weighted by Gasteiger charge is 2.24. The summed E-state index contributed by atoms with van der Waals surface area (Å²) in [7, 11) is 0. The lowest BCUT2D eigenvalue weighted by Crippen LogP contribution is -2.46. The van der Waals surface area contributed by atoms with Crippen LogP contribution in [0.5, 0.6) is 0 Å². The zero-order chi connectivity index (χ0) is 11.3. The Morgan fingerprint density at radius 1 is 1.47 bits per heavy atom. The van der Waals surface area contributed by atoms with Crippen molar-refractivity contribution in [2.24, 2.45) is 0 Å². The molecule has 4 nitrogen and oxygen atoms in total. The third-order valence-electron chi connectivity index (χ3n) is 2.62. The second kappa shape index (κ2) is 6.08. The molecular formula is C11H21NO3. The first-order valence-corrected chi connectivity index (χ1v) is 5.68. The number of carbonyl (C=O) groups excluding carboxylic acids is 1. The lowest BCUT2D eigenvalue weighted by molar-refractivity contribution is -0.129. The molecule has 15 heavy (non-hydrogen) atoms. The summed E-state index contributed by atoms with van der Waals surface area (Å²) in [5.74, 6) is -0.130. The highest BCUT2D eigenvalue weighted by atomic mass is 16.5. The van der Waals surface area contributed by atoms with Crippen molar-refractivity contribution in [2.75, 3.05) is 6.61 Å². The van der Waals surface area contributed by atoms with Crippen LogP contribution in [-0.2, 0) is 9.53 Å². The van der Waals surface area contributed by atoms with Gasteiger partial charge in [0.1, 0.15) is 6.61 Å². The van der Waals surface area contributed by atoms with Gasteiger partial charge in [-0.3, -0.25) is 4.79 Å². The summed E-state index contributed by atoms with van der Waals surface area (Å²) in [6.07, 6.45) is 3.46. The van der Waals surface area contributed by atoms with Crippen molar-refractivity contribution in [1.29, 1.82) is 0 Å². The molecule has 0 unspecified atom stereocenters. The number of rotatable bonds is 4. The summed E-state index contributed by atoms with van der Waals surface area (Å²) >= 11 is 0. The molecule has 1 aliphatic carbocycles. The molecule has 0 aromatic rings. The van der Waals surface area contributed by atoms with Crippen molar-refractivity contribution in [1.82, 2.24) is 5.32 Å². The molecule has 0 heterocycles. The maximum atomic E-state index is 11.4. The van der Waals surface area contributed by atoms with Gasteiger partial charge in [-0.25, -0.2) is 0 Å². The van der Waals surface area contributed by atoms with Gasteiger partial charge >= 0.3 is 0 Å². The van der Waals surface area contributed by atoms with Gasteiger partial charge in [0.15, 0.2) is 0 Å². The Bertz CT molecular complexity index is 206. The van der Waals surface area contributed by atoms with Crippen LogP contribution in [0.2, 0.25) is 0 Å². The van der Waals surface area contributed by atoms with Crippen LogP contribution in [0.15, 0.2) is 0 Å². The molecule has 1 aliphatic rings. The van der Waals surface area contributed by atoms with Crippen molar-refractivity contribution in [3.8, 4) is 0 Å². The Kier molecular flexibility index (Phi) is 5.05. The van der Waals surface area contributed by atoms with Gasteiger partial charge < -0.3 is 15.2 Å². The van der Waals surface area contributed by atoms with Crippen molar-refractivity contribution >= 4 is 5.91 Å². The quantitative estimate of drug-likeness (QED) is 0.730. The van der Waals surface area contributed by atoms with Crippen LogP contribution in [0, 0.1) is 0 Å². The SMILES string of the molecule is CC(C)OCC(=O)N[C@@H]1CCCC[C@H]1O. The number of ether oxygens (including phenoxy) is 1. The molecule has 0 spiro atoms. The normalized spacial score (nSPS) is 26.7. The van der Waals surface area contributed by atoms with Gasteiger partial charge in [-0.05, 0) is 26.7 Å². The lowest BCUT2D eigenvalue weighted by Gasteiger charge is -2.28. The maximum Gasteiger partial charge on any atom is 0.246 e. The van der Waals surface area contributed by atoms with Crippen LogP contribution in [0.25, 0.3) is 0 Å². The minimum Gasteiger partial charge on any atom is -0.391 e. The summed E-state index contributed by atoms with van der Waals surface area (Å²) < 4.78 is 5.19. The molecule has 0 bridgehead atoms. The Morgan fingerprint density at radius 2 is 2.13 bits per heavy atom. The summed E-state index contributed by atoms with van der Waals surface area (Å²) in [4.78, 5) is 11.4. The van der Waals surface area contributed by atoms with Crippen LogP contribution in [0.3, 0.4) is 0 Å². The van der Waals surface area contributed by atoms with Crippen molar-refractivity contribution in [3.05, 3.63) is 0 Å². The Labute approximate surface area is 91.0 Å². The summed E-state index contributed by atoms with van der Waals surface area (Å²) in [6.45, 7) is 3.87. The Hall–Kier alpha value is -0.610. The smallest absolute Gasteiger partial charge is 0.246 e. The third kappa shape index (κ3) is 4.62. The van der Waals surface area contributed by atoms with E-state index >= 15 is 0 Å². The molecule has 4 heteroatoms. The number of amides is 1. The van der Waals surface area contributed by atoms with E-state index in [1.165, 1.54) is 0 Å². The van der Waals surface area contributed by atoms with E-state index in [-0.39, 0.29) is 30.8 Å². The Balaban J connectivity index is 2.24. The van der Waals surface area contributed by atoms with Crippen molar-refractivity contribution in [3.63, 3.8) is 0 Å². The first-order valence-electron chi connectivity index (χ1n) is 5.68. The predicted molar refractivity (Wildman–Crippen MR) is 57.5 cm³/mol. The minimum absolute atomic E-state index is 0.0621. The lowest BCUT2D eigenvalue weighted by atomic mass is 9.92. The number of nitrogens with one attached hydrogen (secondary N) is 1. The number of aliphatic hydroxyl groups is 1. The number of hydrogen-bond donors (Lipinski definition) is 2. The van der Waals surface area contributed by atoms with Gasteiger partial charge in [0.25, 0.3) is 0 Å². The second-order valence-corrected chi connectivity index (χ2v) is 4.39. The fourth-order valence-electron chi connectivity index (χ4n) is 1.77. The highest BCUT2D eigenvalue weighted by molar-refractivity contribution is 5.77. The Morgan fingerprint density at radius 3 is 2.73 bits per heavy atom. The van der Waals surface area contributed by atoms with E-state index in [1.807, 2.05) is 13.8 Å². The van der Waals surface area contributed by atoms with Crippen LogP contribution >= 0.6 is 0 Å². The van der Waals surface area contributed by atoms with Gasteiger partial charge in [0.2, 0.25) is 5.91 Å². The van der Waals surface area contributed by atoms with E-state index in [1.54, 1.807) is 0 Å². The molecule has 1 saturated carbocycles. The number of hydrogen-bond acceptors (Lipinski definition) is 3. The molecule has 1 rings (SSSR count). The van der Waals surface area contributed by atoms with Crippen LogP contribution in [0.1, 0.15) is 39.5 Å². The molecule has 0 aliphatic heterocycles. The zero-order valence-electron chi connectivity index (χ0n) is 9.53. The monoisotopic (exact) mass is 215 g/mol. The average Bonchev–Trinajstić information content (AvgIpc) is 2.18. The fraction of sp³-hybridized carbons (Fsp3) is 0.909. The van der Waals surface area contributed by atoms with Gasteiger partial charge in [0.05, 0.1) is 18.2 Å². The first-order chi connectivity index (χ1) is 7.09. The second-order valence-electron chi connectivity index (χ2n) is 4.39. The van der Waals surface area contributed by atoms with Gasteiger partial charge in [-0.15, -0.1) is 0 Å². The first kappa shape index (κ1) is 12.5. The fourth-order valence-corrected chi connectivity index (χ4v) is 1.77. The minimum atomic E-state index is -0.387. The largest absolute Gasteiger partial charge is 0.391 e. The van der Waals surface area contributed by atoms with E-state index in [2.05, 4.69) is 5.32 Å². The standard InChI is InChI=1S/C11H21NO3/c1-8(2)15-7-11(14)12-9-5-3-4-6-10(9)13/h8-10,13H,3-7H2,1-2H3,(H,12,14)/t9-,10-/m1/s1. The summed E-state index contributed by atoms with van der Waals surface area (Å²) in [6, 6.07) is -0.0815. The molecule has 0 aromatic heterocycles. The van der Waals surface area contributed by atoms with E-state index < -0.39 is 0 Å². The molecule has 2 N–H and O–H groups in total. The van der Waals surface area contributed by atoms with Gasteiger partial charge in [-0.2, -0.15) is 0 Å². The van der Waals surface area contributed by atoms with Crippen LogP contribution < -0.4 is 5.32 Å². The molecule has 0 radical (unpaired) electrons. The third-order valence-corrected chi connectivity index (χ3v) is 2.62. The summed E-state index contributed by atoms with van der Waals surface area (Å²) in [5, 5.41) is 12.4. The molecule has 0 aromatic carbocycles. The molecular weight excluding hydrogens is 194 g/mol. The van der Waals surface area contributed by atoms with E-state index in [0.29, 0.717) is 0 Å². The van der Waals surface area contributed by atoms with Crippen molar-refractivity contribution < 1.29 is 14.6 Å². The van der Waals surface area contributed by atoms with E-state index in [0.717, 1.165) is 25.7 Å². The topological polar surface area (TPSA) is 58.6 Å². The van der Waals surface area contributed by atoms with E-state index in [9.17, 15) is 9.90 Å². The number of aliphatic hydroxyl groups excluding tert-OH is 1. The molecule has 1 amide bonds. The average molecular weight is 215 g/mol. The molecule has 2 atom stereocenters. The molecule has 1 fully saturated rings. The number of carbonyl (C=O) groups is 1. The van der Waals surface area contributed by atoms with Gasteiger partial charge in [0, 0.05) is 0 Å². The van der Waals surface area contributed by atoms with Crippen LogP contribution in [0.4, 0.5) is 0 Å². The molecule has 88 valence electrons. The van der Waals surface area contributed by atoms with Crippen LogP contribution in [-0.4, -0.2) is 35.9 Å². The van der Waals surface area contributed by atoms with E-state index in [4.69, 9.17) is 4.74 Å². The zero-order valence-corrected chi connectivity index (χ0v) is 9.53.